The Morgan fingerprint density at radius 3 is 2.62 bits per heavy atom. The number of rotatable bonds is 4. The van der Waals surface area contributed by atoms with Crippen LogP contribution < -0.4 is 15.5 Å². The van der Waals surface area contributed by atoms with Gasteiger partial charge in [-0.2, -0.15) is 0 Å². The minimum absolute atomic E-state index is 0.146. The molecule has 0 spiro atoms. The van der Waals surface area contributed by atoms with Crippen molar-refractivity contribution < 1.29 is 4.79 Å². The smallest absolute Gasteiger partial charge is 0.230 e. The van der Waals surface area contributed by atoms with Crippen molar-refractivity contribution in [1.82, 2.24) is 5.32 Å². The van der Waals surface area contributed by atoms with E-state index in [2.05, 4.69) is 33.5 Å². The second-order valence-electron chi connectivity index (χ2n) is 5.89. The number of nitrogens with zero attached hydrogens (tertiary/aromatic N) is 1. The van der Waals surface area contributed by atoms with Crippen LogP contribution in [0.25, 0.3) is 0 Å². The molecule has 0 saturated carbocycles. The van der Waals surface area contributed by atoms with Gasteiger partial charge in [0.05, 0.1) is 16.8 Å². The van der Waals surface area contributed by atoms with Crippen LogP contribution in [0.4, 0.5) is 11.4 Å². The fourth-order valence-corrected chi connectivity index (χ4v) is 3.26. The summed E-state index contributed by atoms with van der Waals surface area (Å²) < 4.78 is 0.972. The van der Waals surface area contributed by atoms with Crippen LogP contribution in [-0.4, -0.2) is 33.1 Å². The van der Waals surface area contributed by atoms with Gasteiger partial charge in [-0.1, -0.05) is 22.9 Å². The molecule has 1 amide bonds. The molecule has 1 saturated heterocycles. The van der Waals surface area contributed by atoms with Crippen molar-refractivity contribution in [2.75, 3.05) is 37.4 Å². The summed E-state index contributed by atoms with van der Waals surface area (Å²) in [6.45, 7) is 3.94. The molecule has 0 unspecified atom stereocenters. The van der Waals surface area contributed by atoms with E-state index in [0.29, 0.717) is 0 Å². The minimum atomic E-state index is -0.239. The molecule has 1 heterocycles. The van der Waals surface area contributed by atoms with E-state index >= 15 is 0 Å². The number of amides is 1. The molecule has 1 aromatic rings. The van der Waals surface area contributed by atoms with Crippen LogP contribution in [0.2, 0.25) is 0 Å². The fourth-order valence-electron chi connectivity index (χ4n) is 2.90. The third kappa shape index (κ3) is 3.58. The van der Waals surface area contributed by atoms with Gasteiger partial charge in [0.1, 0.15) is 0 Å². The lowest BCUT2D eigenvalue weighted by Gasteiger charge is -2.35. The molecule has 1 aliphatic rings. The SMILES string of the molecule is CCC1(C(=O)Nc2cc(Br)ccc2N(C)C)CCNCC1. The van der Waals surface area contributed by atoms with Gasteiger partial charge < -0.3 is 15.5 Å². The zero-order valence-electron chi connectivity index (χ0n) is 13.0. The highest BCUT2D eigenvalue weighted by Gasteiger charge is 2.37. The van der Waals surface area contributed by atoms with Crippen molar-refractivity contribution in [3.8, 4) is 0 Å². The second kappa shape index (κ2) is 6.79. The average molecular weight is 354 g/mol. The molecule has 2 N–H and O–H groups in total. The molecule has 0 atom stereocenters. The van der Waals surface area contributed by atoms with E-state index in [4.69, 9.17) is 0 Å². The van der Waals surface area contributed by atoms with Gasteiger partial charge in [-0.05, 0) is 50.6 Å². The Kier molecular flexibility index (Phi) is 5.27. The summed E-state index contributed by atoms with van der Waals surface area (Å²) in [5.41, 5.74) is 1.65. The number of piperidine rings is 1. The number of carbonyl (C=O) groups excluding carboxylic acids is 1. The van der Waals surface area contributed by atoms with Gasteiger partial charge in [0.2, 0.25) is 5.91 Å². The molecule has 0 aliphatic carbocycles. The molecule has 2 rings (SSSR count). The minimum Gasteiger partial charge on any atom is -0.376 e. The Hall–Kier alpha value is -1.07. The van der Waals surface area contributed by atoms with Crippen molar-refractivity contribution in [2.45, 2.75) is 26.2 Å². The lowest BCUT2D eigenvalue weighted by atomic mass is 9.76. The summed E-state index contributed by atoms with van der Waals surface area (Å²) in [5.74, 6) is 0.146. The molecule has 0 radical (unpaired) electrons. The predicted molar refractivity (Wildman–Crippen MR) is 91.9 cm³/mol. The predicted octanol–water partition coefficient (Wildman–Crippen LogP) is 3.23. The van der Waals surface area contributed by atoms with E-state index in [-0.39, 0.29) is 11.3 Å². The molecule has 4 nitrogen and oxygen atoms in total. The summed E-state index contributed by atoms with van der Waals surface area (Å²) >= 11 is 3.48. The van der Waals surface area contributed by atoms with Crippen LogP contribution in [-0.2, 0) is 4.79 Å². The van der Waals surface area contributed by atoms with Crippen LogP contribution in [0.3, 0.4) is 0 Å². The van der Waals surface area contributed by atoms with Crippen molar-refractivity contribution in [1.29, 1.82) is 0 Å². The molecule has 116 valence electrons. The largest absolute Gasteiger partial charge is 0.376 e. The quantitative estimate of drug-likeness (QED) is 0.873. The van der Waals surface area contributed by atoms with Crippen molar-refractivity contribution in [2.24, 2.45) is 5.41 Å². The van der Waals surface area contributed by atoms with E-state index in [0.717, 1.165) is 48.2 Å². The van der Waals surface area contributed by atoms with E-state index < -0.39 is 0 Å². The Balaban J connectivity index is 2.24. The van der Waals surface area contributed by atoms with E-state index in [9.17, 15) is 4.79 Å². The Morgan fingerprint density at radius 2 is 2.05 bits per heavy atom. The van der Waals surface area contributed by atoms with Gasteiger partial charge in [-0.25, -0.2) is 0 Å². The summed E-state index contributed by atoms with van der Waals surface area (Å²) in [7, 11) is 3.97. The Bertz CT molecular complexity index is 510. The highest BCUT2D eigenvalue weighted by atomic mass is 79.9. The maximum absolute atomic E-state index is 12.8. The number of hydrogen-bond acceptors (Lipinski definition) is 3. The molecule has 0 bridgehead atoms. The zero-order chi connectivity index (χ0) is 15.5. The summed E-state index contributed by atoms with van der Waals surface area (Å²) in [6.07, 6.45) is 2.69. The topological polar surface area (TPSA) is 44.4 Å². The molecular weight excluding hydrogens is 330 g/mol. The van der Waals surface area contributed by atoms with E-state index in [1.54, 1.807) is 0 Å². The normalized spacial score (nSPS) is 17.3. The maximum Gasteiger partial charge on any atom is 0.230 e. The standard InChI is InChI=1S/C16H24BrN3O/c1-4-16(7-9-18-10-8-16)15(21)19-13-11-12(17)5-6-14(13)20(2)3/h5-6,11,18H,4,7-10H2,1-3H3,(H,19,21). The van der Waals surface area contributed by atoms with Gasteiger partial charge >= 0.3 is 0 Å². The second-order valence-corrected chi connectivity index (χ2v) is 6.81. The third-order valence-corrected chi connectivity index (χ3v) is 4.90. The number of benzene rings is 1. The van der Waals surface area contributed by atoms with Gasteiger partial charge in [0.25, 0.3) is 0 Å². The molecule has 1 aromatic carbocycles. The number of anilines is 2. The lowest BCUT2D eigenvalue weighted by Crippen LogP contribution is -2.44. The van der Waals surface area contributed by atoms with Crippen LogP contribution in [0.1, 0.15) is 26.2 Å². The van der Waals surface area contributed by atoms with Crippen LogP contribution in [0.5, 0.6) is 0 Å². The monoisotopic (exact) mass is 353 g/mol. The highest BCUT2D eigenvalue weighted by molar-refractivity contribution is 9.10. The van der Waals surface area contributed by atoms with Crippen LogP contribution in [0.15, 0.2) is 22.7 Å². The number of carbonyl (C=O) groups is 1. The summed E-state index contributed by atoms with van der Waals surface area (Å²) in [6, 6.07) is 5.98. The summed E-state index contributed by atoms with van der Waals surface area (Å²) in [5, 5.41) is 6.49. The first kappa shape index (κ1) is 16.3. The Morgan fingerprint density at radius 1 is 1.38 bits per heavy atom. The number of halogens is 1. The highest BCUT2D eigenvalue weighted by Crippen LogP contribution is 2.36. The first-order valence-corrected chi connectivity index (χ1v) is 8.27. The summed E-state index contributed by atoms with van der Waals surface area (Å²) in [4.78, 5) is 14.9. The zero-order valence-corrected chi connectivity index (χ0v) is 14.6. The number of nitrogens with one attached hydrogen (secondary N) is 2. The van der Waals surface area contributed by atoms with Crippen molar-refractivity contribution in [3.63, 3.8) is 0 Å². The molecule has 21 heavy (non-hydrogen) atoms. The number of hydrogen-bond donors (Lipinski definition) is 2. The van der Waals surface area contributed by atoms with Crippen LogP contribution >= 0.6 is 15.9 Å². The van der Waals surface area contributed by atoms with Gasteiger partial charge in [-0.15, -0.1) is 0 Å². The lowest BCUT2D eigenvalue weighted by molar-refractivity contribution is -0.127. The van der Waals surface area contributed by atoms with Gasteiger partial charge in [0.15, 0.2) is 0 Å². The van der Waals surface area contributed by atoms with E-state index in [1.807, 2.05) is 37.2 Å². The first-order chi connectivity index (χ1) is 9.98. The maximum atomic E-state index is 12.8. The van der Waals surface area contributed by atoms with Crippen molar-refractivity contribution >= 4 is 33.2 Å². The molecule has 5 heteroatoms. The molecule has 0 aromatic heterocycles. The van der Waals surface area contributed by atoms with Gasteiger partial charge in [0, 0.05) is 18.6 Å². The molecule has 1 fully saturated rings. The van der Waals surface area contributed by atoms with Gasteiger partial charge in [-0.3, -0.25) is 4.79 Å². The molecule has 1 aliphatic heterocycles. The first-order valence-electron chi connectivity index (χ1n) is 7.47. The molecular formula is C16H24BrN3O. The third-order valence-electron chi connectivity index (χ3n) is 4.41. The average Bonchev–Trinajstić information content (AvgIpc) is 2.47. The Labute approximate surface area is 135 Å². The van der Waals surface area contributed by atoms with E-state index in [1.165, 1.54) is 0 Å². The van der Waals surface area contributed by atoms with Crippen LogP contribution in [0, 0.1) is 5.41 Å². The van der Waals surface area contributed by atoms with Crippen molar-refractivity contribution in [3.05, 3.63) is 22.7 Å². The fraction of sp³-hybridized carbons (Fsp3) is 0.562.